The Kier molecular flexibility index (Phi) is 5.42. The zero-order valence-corrected chi connectivity index (χ0v) is 10.7. The Morgan fingerprint density at radius 2 is 2.29 bits per heavy atom. The van der Waals surface area contributed by atoms with E-state index < -0.39 is 0 Å². The molecule has 0 saturated heterocycles. The summed E-state index contributed by atoms with van der Waals surface area (Å²) in [6, 6.07) is 2.00. The molecule has 0 unspecified atom stereocenters. The molecule has 92 valence electrons. The van der Waals surface area contributed by atoms with E-state index in [-0.39, 0.29) is 18.3 Å². The van der Waals surface area contributed by atoms with Gasteiger partial charge in [0.25, 0.3) is 0 Å². The third kappa shape index (κ3) is 4.82. The Balaban J connectivity index is 2.33. The smallest absolute Gasteiger partial charge is 0.307 e. The minimum atomic E-state index is -0.330. The van der Waals surface area contributed by atoms with Crippen molar-refractivity contribution in [3.05, 3.63) is 28.0 Å². The number of nitrogens with one attached hydrogen (secondary N) is 1. The molecule has 5 heteroatoms. The van der Waals surface area contributed by atoms with Gasteiger partial charge in [0.05, 0.1) is 13.5 Å². The molecule has 0 atom stereocenters. The zero-order valence-electron chi connectivity index (χ0n) is 9.86. The van der Waals surface area contributed by atoms with E-state index in [0.717, 1.165) is 10.4 Å². The highest BCUT2D eigenvalue weighted by atomic mass is 32.1. The van der Waals surface area contributed by atoms with Gasteiger partial charge in [0.2, 0.25) is 5.91 Å². The van der Waals surface area contributed by atoms with Crippen LogP contribution in [0.25, 0.3) is 6.08 Å². The maximum atomic E-state index is 11.4. The van der Waals surface area contributed by atoms with Crippen molar-refractivity contribution in [2.75, 3.05) is 13.7 Å². The SMILES string of the molecule is COC(=O)CCNC(=O)C=Cc1sccc1C. The predicted octanol–water partition coefficient (Wildman–Crippen LogP) is 1.75. The molecule has 0 aliphatic rings. The number of carbonyl (C=O) groups is 2. The molecule has 0 bridgehead atoms. The maximum absolute atomic E-state index is 11.4. The summed E-state index contributed by atoms with van der Waals surface area (Å²) in [5.41, 5.74) is 1.15. The summed E-state index contributed by atoms with van der Waals surface area (Å²) in [6.45, 7) is 2.28. The summed E-state index contributed by atoms with van der Waals surface area (Å²) in [7, 11) is 1.32. The van der Waals surface area contributed by atoms with Crippen LogP contribution >= 0.6 is 11.3 Å². The number of esters is 1. The van der Waals surface area contributed by atoms with Crippen LogP contribution in [0.15, 0.2) is 17.5 Å². The molecular formula is C12H15NO3S. The highest BCUT2D eigenvalue weighted by molar-refractivity contribution is 7.11. The minimum absolute atomic E-state index is 0.189. The number of aryl methyl sites for hydroxylation is 1. The zero-order chi connectivity index (χ0) is 12.7. The quantitative estimate of drug-likeness (QED) is 0.642. The summed E-state index contributed by atoms with van der Waals surface area (Å²) in [4.78, 5) is 23.2. The molecule has 1 aromatic rings. The Morgan fingerprint density at radius 1 is 1.53 bits per heavy atom. The second-order valence-electron chi connectivity index (χ2n) is 3.42. The first kappa shape index (κ1) is 13.4. The lowest BCUT2D eigenvalue weighted by Crippen LogP contribution is -2.24. The van der Waals surface area contributed by atoms with Crippen LogP contribution in [-0.2, 0) is 14.3 Å². The van der Waals surface area contributed by atoms with E-state index in [1.165, 1.54) is 13.2 Å². The Hall–Kier alpha value is -1.62. The topological polar surface area (TPSA) is 55.4 Å². The van der Waals surface area contributed by atoms with E-state index in [2.05, 4.69) is 10.1 Å². The molecule has 1 amide bonds. The number of thiophene rings is 1. The van der Waals surface area contributed by atoms with Crippen LogP contribution < -0.4 is 5.32 Å². The average Bonchev–Trinajstić information content (AvgIpc) is 2.72. The lowest BCUT2D eigenvalue weighted by atomic mass is 10.3. The van der Waals surface area contributed by atoms with Gasteiger partial charge in [-0.05, 0) is 30.0 Å². The number of carbonyl (C=O) groups excluding carboxylic acids is 2. The number of amides is 1. The van der Waals surface area contributed by atoms with E-state index in [4.69, 9.17) is 0 Å². The van der Waals surface area contributed by atoms with Gasteiger partial charge in [-0.25, -0.2) is 0 Å². The first-order chi connectivity index (χ1) is 8.13. The van der Waals surface area contributed by atoms with Gasteiger partial charge >= 0.3 is 5.97 Å². The van der Waals surface area contributed by atoms with Crippen LogP contribution in [0.2, 0.25) is 0 Å². The van der Waals surface area contributed by atoms with Crippen molar-refractivity contribution in [3.8, 4) is 0 Å². The van der Waals surface area contributed by atoms with Crippen LogP contribution in [0.3, 0.4) is 0 Å². The van der Waals surface area contributed by atoms with Gasteiger partial charge in [-0.1, -0.05) is 0 Å². The Labute approximate surface area is 104 Å². The van der Waals surface area contributed by atoms with Gasteiger partial charge in [0.1, 0.15) is 0 Å². The minimum Gasteiger partial charge on any atom is -0.469 e. The highest BCUT2D eigenvalue weighted by Gasteiger charge is 2.01. The van der Waals surface area contributed by atoms with Gasteiger partial charge in [0.15, 0.2) is 0 Å². The molecule has 4 nitrogen and oxygen atoms in total. The van der Waals surface area contributed by atoms with Crippen molar-refractivity contribution >= 4 is 29.3 Å². The van der Waals surface area contributed by atoms with Crippen LogP contribution in [0, 0.1) is 6.92 Å². The fraction of sp³-hybridized carbons (Fsp3) is 0.333. The second kappa shape index (κ2) is 6.85. The maximum Gasteiger partial charge on any atom is 0.307 e. The average molecular weight is 253 g/mol. The largest absolute Gasteiger partial charge is 0.469 e. The lowest BCUT2D eigenvalue weighted by Gasteiger charge is -2.00. The molecule has 17 heavy (non-hydrogen) atoms. The number of rotatable bonds is 5. The van der Waals surface area contributed by atoms with E-state index in [1.807, 2.05) is 18.4 Å². The van der Waals surface area contributed by atoms with Crippen molar-refractivity contribution in [2.24, 2.45) is 0 Å². The summed E-state index contributed by atoms with van der Waals surface area (Å²) in [5, 5.41) is 4.58. The third-order valence-electron chi connectivity index (χ3n) is 2.14. The highest BCUT2D eigenvalue weighted by Crippen LogP contribution is 2.16. The van der Waals surface area contributed by atoms with Gasteiger partial charge < -0.3 is 10.1 Å². The molecule has 1 rings (SSSR count). The normalized spacial score (nSPS) is 10.5. The molecular weight excluding hydrogens is 238 g/mol. The van der Waals surface area contributed by atoms with E-state index in [1.54, 1.807) is 17.4 Å². The monoisotopic (exact) mass is 253 g/mol. The first-order valence-electron chi connectivity index (χ1n) is 5.20. The molecule has 0 radical (unpaired) electrons. The van der Waals surface area contributed by atoms with Crippen LogP contribution in [0.5, 0.6) is 0 Å². The molecule has 0 spiro atoms. The molecule has 0 fully saturated rings. The molecule has 0 aliphatic heterocycles. The molecule has 0 aliphatic carbocycles. The first-order valence-corrected chi connectivity index (χ1v) is 6.08. The van der Waals surface area contributed by atoms with Crippen LogP contribution in [-0.4, -0.2) is 25.5 Å². The van der Waals surface area contributed by atoms with Crippen molar-refractivity contribution < 1.29 is 14.3 Å². The van der Waals surface area contributed by atoms with E-state index in [0.29, 0.717) is 6.54 Å². The summed E-state index contributed by atoms with van der Waals surface area (Å²) < 4.78 is 4.46. The summed E-state index contributed by atoms with van der Waals surface area (Å²) in [6.07, 6.45) is 3.43. The van der Waals surface area contributed by atoms with Gasteiger partial charge in [-0.15, -0.1) is 11.3 Å². The van der Waals surface area contributed by atoms with Gasteiger partial charge in [-0.3, -0.25) is 9.59 Å². The molecule has 0 aromatic carbocycles. The van der Waals surface area contributed by atoms with Gasteiger partial charge in [0, 0.05) is 17.5 Å². The summed E-state index contributed by atoms with van der Waals surface area (Å²) in [5.74, 6) is -0.537. The van der Waals surface area contributed by atoms with Crippen LogP contribution in [0.1, 0.15) is 16.9 Å². The molecule has 1 N–H and O–H groups in total. The lowest BCUT2D eigenvalue weighted by molar-refractivity contribution is -0.140. The Bertz CT molecular complexity index is 423. The molecule has 0 saturated carbocycles. The van der Waals surface area contributed by atoms with Gasteiger partial charge in [-0.2, -0.15) is 0 Å². The second-order valence-corrected chi connectivity index (χ2v) is 4.37. The fourth-order valence-corrected chi connectivity index (χ4v) is 1.97. The summed E-state index contributed by atoms with van der Waals surface area (Å²) >= 11 is 1.58. The van der Waals surface area contributed by atoms with E-state index >= 15 is 0 Å². The molecule has 1 heterocycles. The fourth-order valence-electron chi connectivity index (χ4n) is 1.16. The van der Waals surface area contributed by atoms with Crippen molar-refractivity contribution in [3.63, 3.8) is 0 Å². The van der Waals surface area contributed by atoms with Crippen molar-refractivity contribution in [1.29, 1.82) is 0 Å². The number of hydrogen-bond acceptors (Lipinski definition) is 4. The number of hydrogen-bond donors (Lipinski definition) is 1. The van der Waals surface area contributed by atoms with Crippen LogP contribution in [0.4, 0.5) is 0 Å². The Morgan fingerprint density at radius 3 is 2.88 bits per heavy atom. The third-order valence-corrected chi connectivity index (χ3v) is 3.13. The number of methoxy groups -OCH3 is 1. The standard InChI is InChI=1S/C12H15NO3S/c1-9-6-8-17-10(9)3-4-11(14)13-7-5-12(15)16-2/h3-4,6,8H,5,7H2,1-2H3,(H,13,14). The van der Waals surface area contributed by atoms with E-state index in [9.17, 15) is 9.59 Å². The van der Waals surface area contributed by atoms with Crippen molar-refractivity contribution in [2.45, 2.75) is 13.3 Å². The van der Waals surface area contributed by atoms with Crippen molar-refractivity contribution in [1.82, 2.24) is 5.32 Å². The molecule has 1 aromatic heterocycles. The predicted molar refractivity (Wildman–Crippen MR) is 67.7 cm³/mol. The number of ether oxygens (including phenoxy) is 1.